The first-order chi connectivity index (χ1) is 3.66. The maximum absolute atomic E-state index is 10.0. The van der Waals surface area contributed by atoms with E-state index >= 15 is 0 Å². The number of aliphatic hydroxyl groups is 1. The number of carbonyl (C=O) groups is 1. The van der Waals surface area contributed by atoms with Crippen LogP contribution in [0.4, 0.5) is 0 Å². The highest BCUT2D eigenvalue weighted by Crippen LogP contribution is 1.85. The standard InChI is InChI=1S/C5H9NO2/c1-4(3-7)2-5(6)8/h2,7H,3H2,1H3,(H2,6,8). The van der Waals surface area contributed by atoms with Crippen LogP contribution in [-0.4, -0.2) is 17.6 Å². The van der Waals surface area contributed by atoms with Gasteiger partial charge in [0.15, 0.2) is 0 Å². The Morgan fingerprint density at radius 1 is 1.88 bits per heavy atom. The van der Waals surface area contributed by atoms with E-state index in [1.54, 1.807) is 6.92 Å². The van der Waals surface area contributed by atoms with Gasteiger partial charge in [-0.3, -0.25) is 4.79 Å². The first-order valence-electron chi connectivity index (χ1n) is 2.24. The summed E-state index contributed by atoms with van der Waals surface area (Å²) in [6.45, 7) is 1.52. The third-order valence-electron chi connectivity index (χ3n) is 0.638. The van der Waals surface area contributed by atoms with Crippen molar-refractivity contribution in [3.63, 3.8) is 0 Å². The lowest BCUT2D eigenvalue weighted by molar-refractivity contribution is -0.113. The molecule has 0 rings (SSSR count). The van der Waals surface area contributed by atoms with E-state index in [4.69, 9.17) is 10.8 Å². The predicted octanol–water partition coefficient (Wildman–Crippen LogP) is -0.590. The van der Waals surface area contributed by atoms with Crippen LogP contribution >= 0.6 is 0 Å². The highest BCUT2D eigenvalue weighted by atomic mass is 16.3. The first kappa shape index (κ1) is 7.17. The molecule has 0 aromatic heterocycles. The van der Waals surface area contributed by atoms with Crippen molar-refractivity contribution in [3.8, 4) is 0 Å². The van der Waals surface area contributed by atoms with Crippen LogP contribution in [0.2, 0.25) is 0 Å². The maximum atomic E-state index is 10.0. The fraction of sp³-hybridized carbons (Fsp3) is 0.400. The third kappa shape index (κ3) is 3.36. The molecule has 46 valence electrons. The van der Waals surface area contributed by atoms with E-state index in [0.717, 1.165) is 0 Å². The molecule has 0 aromatic rings. The molecule has 3 nitrogen and oxygen atoms in total. The number of amides is 1. The van der Waals surface area contributed by atoms with Crippen LogP contribution in [0.3, 0.4) is 0 Å². The Hall–Kier alpha value is -0.830. The Morgan fingerprint density at radius 2 is 2.38 bits per heavy atom. The van der Waals surface area contributed by atoms with Gasteiger partial charge in [0, 0.05) is 6.08 Å². The summed E-state index contributed by atoms with van der Waals surface area (Å²) in [5.74, 6) is -0.517. The molecular formula is C5H9NO2. The zero-order valence-corrected chi connectivity index (χ0v) is 4.72. The number of hydrogen-bond donors (Lipinski definition) is 2. The minimum atomic E-state index is -0.517. The van der Waals surface area contributed by atoms with Crippen LogP contribution in [0.1, 0.15) is 6.92 Å². The van der Waals surface area contributed by atoms with E-state index in [2.05, 4.69) is 0 Å². The number of aliphatic hydroxyl groups excluding tert-OH is 1. The second-order valence-corrected chi connectivity index (χ2v) is 1.55. The topological polar surface area (TPSA) is 63.3 Å². The van der Waals surface area contributed by atoms with Gasteiger partial charge < -0.3 is 10.8 Å². The fourth-order valence-corrected chi connectivity index (χ4v) is 0.288. The molecule has 0 aliphatic heterocycles. The van der Waals surface area contributed by atoms with Gasteiger partial charge in [-0.25, -0.2) is 0 Å². The number of hydrogen-bond acceptors (Lipinski definition) is 2. The van der Waals surface area contributed by atoms with Crippen LogP contribution in [0.15, 0.2) is 11.6 Å². The molecule has 0 saturated carbocycles. The molecule has 0 aliphatic carbocycles. The summed E-state index contributed by atoms with van der Waals surface area (Å²) in [5, 5.41) is 8.31. The SMILES string of the molecule is CC(=CC(N)=O)CO. The Bertz CT molecular complexity index is 118. The van der Waals surface area contributed by atoms with Gasteiger partial charge in [-0.05, 0) is 12.5 Å². The molecule has 8 heavy (non-hydrogen) atoms. The molecule has 0 aromatic carbocycles. The van der Waals surface area contributed by atoms with Gasteiger partial charge in [0.25, 0.3) is 0 Å². The van der Waals surface area contributed by atoms with E-state index in [0.29, 0.717) is 5.57 Å². The van der Waals surface area contributed by atoms with Crippen LogP contribution in [0.25, 0.3) is 0 Å². The average Bonchev–Trinajstić information content (AvgIpc) is 1.65. The summed E-state index contributed by atoms with van der Waals surface area (Å²) in [6.07, 6.45) is 1.19. The second-order valence-electron chi connectivity index (χ2n) is 1.55. The highest BCUT2D eigenvalue weighted by Gasteiger charge is 1.86. The molecule has 0 unspecified atom stereocenters. The molecule has 0 bridgehead atoms. The largest absolute Gasteiger partial charge is 0.392 e. The highest BCUT2D eigenvalue weighted by molar-refractivity contribution is 5.86. The van der Waals surface area contributed by atoms with Crippen molar-refractivity contribution in [2.24, 2.45) is 5.73 Å². The predicted molar refractivity (Wildman–Crippen MR) is 30.0 cm³/mol. The van der Waals surface area contributed by atoms with E-state index in [1.807, 2.05) is 0 Å². The molecule has 0 saturated heterocycles. The zero-order chi connectivity index (χ0) is 6.57. The summed E-state index contributed by atoms with van der Waals surface area (Å²) < 4.78 is 0. The van der Waals surface area contributed by atoms with Crippen LogP contribution in [0, 0.1) is 0 Å². The Morgan fingerprint density at radius 3 is 2.50 bits per heavy atom. The zero-order valence-electron chi connectivity index (χ0n) is 4.72. The van der Waals surface area contributed by atoms with Crippen molar-refractivity contribution in [1.82, 2.24) is 0 Å². The van der Waals surface area contributed by atoms with Crippen LogP contribution < -0.4 is 5.73 Å². The van der Waals surface area contributed by atoms with Crippen molar-refractivity contribution < 1.29 is 9.90 Å². The van der Waals surface area contributed by atoms with Gasteiger partial charge in [-0.1, -0.05) is 0 Å². The fourth-order valence-electron chi connectivity index (χ4n) is 0.288. The number of nitrogens with two attached hydrogens (primary N) is 1. The Labute approximate surface area is 47.8 Å². The average molecular weight is 115 g/mol. The number of primary amides is 1. The van der Waals surface area contributed by atoms with Gasteiger partial charge in [-0.2, -0.15) is 0 Å². The molecular weight excluding hydrogens is 106 g/mol. The second kappa shape index (κ2) is 3.21. The van der Waals surface area contributed by atoms with Crippen molar-refractivity contribution in [2.45, 2.75) is 6.92 Å². The molecule has 1 amide bonds. The van der Waals surface area contributed by atoms with E-state index in [1.165, 1.54) is 6.08 Å². The molecule has 0 spiro atoms. The van der Waals surface area contributed by atoms with E-state index < -0.39 is 5.91 Å². The molecule has 0 fully saturated rings. The van der Waals surface area contributed by atoms with Crippen molar-refractivity contribution in [3.05, 3.63) is 11.6 Å². The lowest BCUT2D eigenvalue weighted by Crippen LogP contribution is -2.07. The van der Waals surface area contributed by atoms with Gasteiger partial charge in [0.1, 0.15) is 0 Å². The Balaban J connectivity index is 3.75. The van der Waals surface area contributed by atoms with Crippen molar-refractivity contribution >= 4 is 5.91 Å². The number of rotatable bonds is 2. The monoisotopic (exact) mass is 115 g/mol. The van der Waals surface area contributed by atoms with Gasteiger partial charge in [0.2, 0.25) is 5.91 Å². The molecule has 3 heteroatoms. The van der Waals surface area contributed by atoms with E-state index in [-0.39, 0.29) is 6.61 Å². The lowest BCUT2D eigenvalue weighted by atomic mass is 10.3. The van der Waals surface area contributed by atoms with Gasteiger partial charge >= 0.3 is 0 Å². The Kier molecular flexibility index (Phi) is 2.88. The van der Waals surface area contributed by atoms with Crippen LogP contribution in [0.5, 0.6) is 0 Å². The molecule has 0 atom stereocenters. The van der Waals surface area contributed by atoms with Crippen molar-refractivity contribution in [1.29, 1.82) is 0 Å². The van der Waals surface area contributed by atoms with Crippen LogP contribution in [-0.2, 0) is 4.79 Å². The molecule has 0 heterocycles. The summed E-state index contributed by atoms with van der Waals surface area (Å²) in [7, 11) is 0. The normalized spacial score (nSPS) is 11.5. The minimum absolute atomic E-state index is 0.108. The summed E-state index contributed by atoms with van der Waals surface area (Å²) in [6, 6.07) is 0. The molecule has 3 N–H and O–H groups in total. The molecule has 0 aliphatic rings. The van der Waals surface area contributed by atoms with Gasteiger partial charge in [0.05, 0.1) is 6.61 Å². The van der Waals surface area contributed by atoms with E-state index in [9.17, 15) is 4.79 Å². The summed E-state index contributed by atoms with van der Waals surface area (Å²) in [5.41, 5.74) is 5.32. The number of carbonyl (C=O) groups excluding carboxylic acids is 1. The smallest absolute Gasteiger partial charge is 0.241 e. The third-order valence-corrected chi connectivity index (χ3v) is 0.638. The maximum Gasteiger partial charge on any atom is 0.241 e. The quantitative estimate of drug-likeness (QED) is 0.472. The molecule has 0 radical (unpaired) electrons. The van der Waals surface area contributed by atoms with Gasteiger partial charge in [-0.15, -0.1) is 0 Å². The summed E-state index contributed by atoms with van der Waals surface area (Å²) in [4.78, 5) is 10.0. The summed E-state index contributed by atoms with van der Waals surface area (Å²) >= 11 is 0. The lowest BCUT2D eigenvalue weighted by Gasteiger charge is -1.87. The van der Waals surface area contributed by atoms with Crippen molar-refractivity contribution in [2.75, 3.05) is 6.61 Å². The minimum Gasteiger partial charge on any atom is -0.392 e. The first-order valence-corrected chi connectivity index (χ1v) is 2.24.